The standard InChI is InChI=1S/C4H2O2.2Ru/c5-3-1-2-4-6;;/h1-2H;;/q-2;2*+1/b2-1-;;. The fourth-order valence-corrected chi connectivity index (χ4v) is 0.0680. The van der Waals surface area contributed by atoms with Gasteiger partial charge in [0.05, 0.1) is 0 Å². The van der Waals surface area contributed by atoms with Crippen molar-refractivity contribution >= 4 is 12.6 Å². The molecule has 0 amide bonds. The summed E-state index contributed by atoms with van der Waals surface area (Å²) in [4.78, 5) is 18.3. The van der Waals surface area contributed by atoms with E-state index in [4.69, 9.17) is 0 Å². The van der Waals surface area contributed by atoms with Gasteiger partial charge in [0.2, 0.25) is 0 Å². The predicted molar refractivity (Wildman–Crippen MR) is 20.5 cm³/mol. The van der Waals surface area contributed by atoms with E-state index < -0.39 is 0 Å². The third kappa shape index (κ3) is 16.2. The Balaban J connectivity index is -0.000000125. The molecule has 0 bridgehead atoms. The van der Waals surface area contributed by atoms with Crippen LogP contribution >= 0.6 is 0 Å². The Morgan fingerprint density at radius 2 is 1.12 bits per heavy atom. The molecule has 0 aromatic rings. The normalized spacial score (nSPS) is 6.50. The van der Waals surface area contributed by atoms with E-state index in [1.807, 2.05) is 0 Å². The van der Waals surface area contributed by atoms with Gasteiger partial charge in [-0.15, -0.1) is 12.6 Å². The molecule has 0 heterocycles. The maximum atomic E-state index is 9.17. The van der Waals surface area contributed by atoms with Gasteiger partial charge in [-0.25, -0.2) is 0 Å². The van der Waals surface area contributed by atoms with E-state index in [9.17, 15) is 9.59 Å². The van der Waals surface area contributed by atoms with Crippen molar-refractivity contribution in [2.24, 2.45) is 0 Å². The summed E-state index contributed by atoms with van der Waals surface area (Å²) in [6.45, 7) is 0. The van der Waals surface area contributed by atoms with E-state index in [-0.39, 0.29) is 39.0 Å². The quantitative estimate of drug-likeness (QED) is 0.398. The van der Waals surface area contributed by atoms with Crippen molar-refractivity contribution in [2.45, 2.75) is 0 Å². The first-order valence-corrected chi connectivity index (χ1v) is 1.32. The van der Waals surface area contributed by atoms with Gasteiger partial charge in [-0.2, -0.15) is 0 Å². The molecule has 0 atom stereocenters. The second-order valence-electron chi connectivity index (χ2n) is 0.569. The minimum absolute atomic E-state index is 0. The molecule has 0 aromatic carbocycles. The van der Waals surface area contributed by atoms with Gasteiger partial charge in [0.15, 0.2) is 0 Å². The summed E-state index contributed by atoms with van der Waals surface area (Å²) in [5.74, 6) is 0. The van der Waals surface area contributed by atoms with Crippen molar-refractivity contribution in [3.8, 4) is 0 Å². The zero-order chi connectivity index (χ0) is 4.83. The molecule has 2 nitrogen and oxygen atoms in total. The molecule has 0 fully saturated rings. The van der Waals surface area contributed by atoms with Gasteiger partial charge >= 0.3 is 39.0 Å². The van der Waals surface area contributed by atoms with Crippen LogP contribution in [-0.2, 0) is 48.5 Å². The van der Waals surface area contributed by atoms with Gasteiger partial charge < -0.3 is 21.7 Å². The van der Waals surface area contributed by atoms with Crippen LogP contribution in [-0.4, -0.2) is 12.6 Å². The molecule has 0 aliphatic heterocycles. The van der Waals surface area contributed by atoms with Crippen molar-refractivity contribution in [1.29, 1.82) is 0 Å². The maximum absolute atomic E-state index is 9.17. The van der Waals surface area contributed by atoms with Gasteiger partial charge in [-0.3, -0.25) is 0 Å². The van der Waals surface area contributed by atoms with E-state index in [2.05, 4.69) is 0 Å². The van der Waals surface area contributed by atoms with Crippen LogP contribution in [0.1, 0.15) is 0 Å². The molecular weight excluding hydrogens is 282 g/mol. The minimum Gasteiger partial charge on any atom is -0.440 e. The Kier molecular flexibility index (Phi) is 30.8. The summed E-state index contributed by atoms with van der Waals surface area (Å²) in [5.41, 5.74) is 0. The van der Waals surface area contributed by atoms with E-state index >= 15 is 0 Å². The predicted octanol–water partition coefficient (Wildman–Crippen LogP) is -0.243. The van der Waals surface area contributed by atoms with Gasteiger partial charge in [0.25, 0.3) is 0 Å². The maximum Gasteiger partial charge on any atom is 1.00 e. The Morgan fingerprint density at radius 1 is 0.875 bits per heavy atom. The summed E-state index contributed by atoms with van der Waals surface area (Å²) >= 11 is 0. The molecular formula is C4H2O2Ru2. The SMILES string of the molecule is O=[C-]/C=C\[C-]=O.[Ru+].[Ru+]. The van der Waals surface area contributed by atoms with Crippen LogP contribution in [0.3, 0.4) is 0 Å². The summed E-state index contributed by atoms with van der Waals surface area (Å²) < 4.78 is 0. The fraction of sp³-hybridized carbons (Fsp3) is 0. The van der Waals surface area contributed by atoms with Crippen LogP contribution in [0.25, 0.3) is 0 Å². The van der Waals surface area contributed by atoms with Gasteiger partial charge in [-0.05, 0) is 0 Å². The van der Waals surface area contributed by atoms with E-state index in [0.29, 0.717) is 0 Å². The number of hydrogen-bond donors (Lipinski definition) is 0. The van der Waals surface area contributed by atoms with Crippen molar-refractivity contribution in [2.75, 3.05) is 0 Å². The second-order valence-corrected chi connectivity index (χ2v) is 0.569. The van der Waals surface area contributed by atoms with Gasteiger partial charge in [0.1, 0.15) is 0 Å². The molecule has 4 heteroatoms. The van der Waals surface area contributed by atoms with E-state index in [0.717, 1.165) is 12.2 Å². The first-order valence-electron chi connectivity index (χ1n) is 1.32. The fourth-order valence-electron chi connectivity index (χ4n) is 0.0680. The van der Waals surface area contributed by atoms with Crippen molar-refractivity contribution in [1.82, 2.24) is 0 Å². The molecule has 0 N–H and O–H groups in total. The molecule has 46 valence electrons. The van der Waals surface area contributed by atoms with Crippen molar-refractivity contribution < 1.29 is 48.5 Å². The monoisotopic (exact) mass is 286 g/mol. The summed E-state index contributed by atoms with van der Waals surface area (Å²) in [6.07, 6.45) is 4.65. The molecule has 8 heavy (non-hydrogen) atoms. The Labute approximate surface area is 73.2 Å². The van der Waals surface area contributed by atoms with Crippen LogP contribution in [0, 0.1) is 0 Å². The molecule has 0 rings (SSSR count). The smallest absolute Gasteiger partial charge is 0.440 e. The molecule has 0 unspecified atom stereocenters. The van der Waals surface area contributed by atoms with Crippen LogP contribution < -0.4 is 0 Å². The largest absolute Gasteiger partial charge is 1.00 e. The molecule has 0 spiro atoms. The Morgan fingerprint density at radius 3 is 1.25 bits per heavy atom. The summed E-state index contributed by atoms with van der Waals surface area (Å²) in [7, 11) is 0. The molecule has 0 saturated heterocycles. The Hall–Kier alpha value is 0.327. The van der Waals surface area contributed by atoms with Crippen LogP contribution in [0.4, 0.5) is 0 Å². The first kappa shape index (κ1) is 15.8. The summed E-state index contributed by atoms with van der Waals surface area (Å²) in [5, 5.41) is 0. The number of hydrogen-bond acceptors (Lipinski definition) is 2. The van der Waals surface area contributed by atoms with Gasteiger partial charge in [0, 0.05) is 0 Å². The topological polar surface area (TPSA) is 34.1 Å². The second kappa shape index (κ2) is 15.7. The molecule has 2 radical (unpaired) electrons. The average molecular weight is 284 g/mol. The van der Waals surface area contributed by atoms with Gasteiger partial charge in [-0.1, -0.05) is 0 Å². The molecule has 0 aromatic heterocycles. The van der Waals surface area contributed by atoms with Crippen LogP contribution in [0.5, 0.6) is 0 Å². The van der Waals surface area contributed by atoms with Crippen molar-refractivity contribution in [3.63, 3.8) is 0 Å². The van der Waals surface area contributed by atoms with E-state index in [1.165, 1.54) is 12.6 Å². The molecule has 0 aliphatic carbocycles. The Bertz CT molecular complexity index is 70.1. The third-order valence-electron chi connectivity index (χ3n) is 0.219. The number of allylic oxidation sites excluding steroid dienone is 2. The van der Waals surface area contributed by atoms with Crippen molar-refractivity contribution in [3.05, 3.63) is 12.2 Å². The third-order valence-corrected chi connectivity index (χ3v) is 0.219. The number of carbonyl (C=O) groups excluding carboxylic acids is 2. The minimum atomic E-state index is 0. The molecule has 0 saturated carbocycles. The first-order chi connectivity index (χ1) is 2.91. The van der Waals surface area contributed by atoms with E-state index in [1.54, 1.807) is 0 Å². The summed E-state index contributed by atoms with van der Waals surface area (Å²) in [6, 6.07) is 0. The van der Waals surface area contributed by atoms with Crippen LogP contribution in [0.2, 0.25) is 0 Å². The zero-order valence-electron chi connectivity index (χ0n) is 3.68. The number of rotatable bonds is 2. The average Bonchev–Trinajstić information content (AvgIpc) is 1.61. The van der Waals surface area contributed by atoms with Crippen LogP contribution in [0.15, 0.2) is 12.2 Å². The molecule has 0 aliphatic rings. The zero-order valence-corrected chi connectivity index (χ0v) is 7.15.